The Morgan fingerprint density at radius 2 is 0.787 bits per heavy atom. The van der Waals surface area contributed by atoms with Crippen molar-refractivity contribution in [3.63, 3.8) is 0 Å². The van der Waals surface area contributed by atoms with Crippen molar-refractivity contribution >= 4 is 96.1 Å². The van der Waals surface area contributed by atoms with Crippen LogP contribution in [-0.2, 0) is 0 Å². The van der Waals surface area contributed by atoms with Gasteiger partial charge in [0.25, 0.3) is 0 Å². The Hall–Kier alpha value is -5.76. The van der Waals surface area contributed by atoms with Crippen LogP contribution in [-0.4, -0.2) is 0 Å². The zero-order chi connectivity index (χ0) is 30.6. The Labute approximate surface area is 275 Å². The Morgan fingerprint density at radius 1 is 0.298 bits per heavy atom. The van der Waals surface area contributed by atoms with E-state index in [1.807, 2.05) is 11.3 Å². The predicted molar refractivity (Wildman–Crippen MR) is 206 cm³/mol. The fourth-order valence-electron chi connectivity index (χ4n) is 8.31. The fourth-order valence-corrected chi connectivity index (χ4v) is 9.61. The van der Waals surface area contributed by atoms with Gasteiger partial charge < -0.3 is 0 Å². The third kappa shape index (κ3) is 3.47. The third-order valence-corrected chi connectivity index (χ3v) is 11.6. The molecule has 11 aromatic rings. The van der Waals surface area contributed by atoms with Gasteiger partial charge in [-0.2, -0.15) is 0 Å². The lowest BCUT2D eigenvalue weighted by Crippen LogP contribution is -1.89. The van der Waals surface area contributed by atoms with Gasteiger partial charge in [0.05, 0.1) is 0 Å². The maximum Gasteiger partial charge on any atom is 0.0440 e. The monoisotopic (exact) mass is 610 g/mol. The second-order valence-electron chi connectivity index (χ2n) is 12.8. The smallest absolute Gasteiger partial charge is 0.0440 e. The highest BCUT2D eigenvalue weighted by Gasteiger charge is 2.17. The van der Waals surface area contributed by atoms with E-state index in [4.69, 9.17) is 0 Å². The number of fused-ring (bicyclic) bond motifs is 10. The molecule has 216 valence electrons. The van der Waals surface area contributed by atoms with Gasteiger partial charge in [-0.3, -0.25) is 0 Å². The lowest BCUT2D eigenvalue weighted by molar-refractivity contribution is 1.66. The largest absolute Gasteiger partial charge is 0.134 e. The van der Waals surface area contributed by atoms with Crippen LogP contribution in [0.4, 0.5) is 0 Å². The predicted octanol–water partition coefficient (Wildman–Crippen LogP) is 13.7. The van der Waals surface area contributed by atoms with Crippen LogP contribution in [0, 0.1) is 0 Å². The first kappa shape index (κ1) is 25.4. The molecule has 1 heterocycles. The quantitative estimate of drug-likeness (QED) is 0.171. The van der Waals surface area contributed by atoms with Crippen molar-refractivity contribution in [1.29, 1.82) is 0 Å². The molecule has 0 radical (unpaired) electrons. The molecule has 10 aromatic carbocycles. The van der Waals surface area contributed by atoms with Gasteiger partial charge in [0.15, 0.2) is 0 Å². The van der Waals surface area contributed by atoms with E-state index < -0.39 is 0 Å². The summed E-state index contributed by atoms with van der Waals surface area (Å²) in [5, 5.41) is 18.6. The van der Waals surface area contributed by atoms with E-state index in [9.17, 15) is 0 Å². The summed E-state index contributed by atoms with van der Waals surface area (Å²) in [5.41, 5.74) is 5.11. The Kier molecular flexibility index (Phi) is 5.08. The maximum atomic E-state index is 2.43. The standard InChI is InChI=1S/C46H26S/c1-2-8-27(9-3-1)31-19-14-28-17-23-39-32(20-15-29-16-22-38(31)43(28)44(29)39)30-18-21-36-41-25-24-40-35-12-5-4-10-33(35)34-11-6-7-13-37(34)45(40)46(41)47-42(36)26-30/h1-26H. The summed E-state index contributed by atoms with van der Waals surface area (Å²) in [4.78, 5) is 0. The number of thiophene rings is 1. The molecule has 0 fully saturated rings. The van der Waals surface area contributed by atoms with E-state index in [0.29, 0.717) is 0 Å². The van der Waals surface area contributed by atoms with Crippen LogP contribution in [0.15, 0.2) is 158 Å². The molecule has 0 aliphatic heterocycles. The van der Waals surface area contributed by atoms with Crippen LogP contribution < -0.4 is 0 Å². The van der Waals surface area contributed by atoms with Crippen LogP contribution in [0.3, 0.4) is 0 Å². The first-order valence-corrected chi connectivity index (χ1v) is 17.1. The van der Waals surface area contributed by atoms with Crippen LogP contribution in [0.2, 0.25) is 0 Å². The Morgan fingerprint density at radius 3 is 1.47 bits per heavy atom. The molecule has 11 rings (SSSR count). The molecule has 47 heavy (non-hydrogen) atoms. The minimum atomic E-state index is 1.26. The lowest BCUT2D eigenvalue weighted by Gasteiger charge is -2.16. The molecule has 0 atom stereocenters. The van der Waals surface area contributed by atoms with E-state index >= 15 is 0 Å². The molecule has 0 nitrogen and oxygen atoms in total. The maximum absolute atomic E-state index is 2.43. The van der Waals surface area contributed by atoms with E-state index in [2.05, 4.69) is 158 Å². The van der Waals surface area contributed by atoms with E-state index in [1.54, 1.807) is 0 Å². The third-order valence-electron chi connectivity index (χ3n) is 10.4. The zero-order valence-corrected chi connectivity index (χ0v) is 26.2. The molecule has 0 saturated carbocycles. The lowest BCUT2D eigenvalue weighted by atomic mass is 9.87. The SMILES string of the molecule is c1ccc(-c2ccc3ccc4c(-c5ccc6c(c5)sc5c6ccc6c7ccccc7c7ccccc7c65)ccc5ccc2c3c54)cc1. The molecule has 0 saturated heterocycles. The highest BCUT2D eigenvalue weighted by molar-refractivity contribution is 7.26. The van der Waals surface area contributed by atoms with Crippen molar-refractivity contribution in [3.05, 3.63) is 158 Å². The van der Waals surface area contributed by atoms with Crippen LogP contribution in [0.25, 0.3) is 107 Å². The van der Waals surface area contributed by atoms with Gasteiger partial charge in [-0.25, -0.2) is 0 Å². The van der Waals surface area contributed by atoms with Crippen LogP contribution in [0.1, 0.15) is 0 Å². The summed E-state index contributed by atoms with van der Waals surface area (Å²) in [6, 6.07) is 58.8. The fraction of sp³-hybridized carbons (Fsp3) is 0. The highest BCUT2D eigenvalue weighted by atomic mass is 32.1. The average molecular weight is 611 g/mol. The molecular formula is C46H26S. The minimum Gasteiger partial charge on any atom is -0.134 e. The van der Waals surface area contributed by atoms with Crippen molar-refractivity contribution in [2.45, 2.75) is 0 Å². The number of rotatable bonds is 2. The summed E-state index contributed by atoms with van der Waals surface area (Å²) in [7, 11) is 0. The summed E-state index contributed by atoms with van der Waals surface area (Å²) in [6.45, 7) is 0. The van der Waals surface area contributed by atoms with Crippen molar-refractivity contribution in [3.8, 4) is 22.3 Å². The first-order valence-electron chi connectivity index (χ1n) is 16.3. The number of hydrogen-bond donors (Lipinski definition) is 0. The zero-order valence-electron chi connectivity index (χ0n) is 25.4. The molecule has 1 aromatic heterocycles. The van der Waals surface area contributed by atoms with Crippen molar-refractivity contribution in [2.24, 2.45) is 0 Å². The number of benzene rings is 10. The molecule has 0 aliphatic carbocycles. The molecule has 0 spiro atoms. The summed E-state index contributed by atoms with van der Waals surface area (Å²) >= 11 is 1.94. The molecule has 1 heteroatoms. The molecule has 0 aliphatic rings. The van der Waals surface area contributed by atoms with Gasteiger partial charge in [-0.1, -0.05) is 152 Å². The topological polar surface area (TPSA) is 0 Å². The van der Waals surface area contributed by atoms with Gasteiger partial charge in [0, 0.05) is 25.6 Å². The molecule has 0 bridgehead atoms. The highest BCUT2D eigenvalue weighted by Crippen LogP contribution is 2.46. The van der Waals surface area contributed by atoms with E-state index in [0.717, 1.165) is 0 Å². The summed E-state index contributed by atoms with van der Waals surface area (Å²) < 4.78 is 2.71. The second kappa shape index (κ2) is 9.39. The van der Waals surface area contributed by atoms with Gasteiger partial charge in [-0.05, 0) is 87.6 Å². The first-order chi connectivity index (χ1) is 23.3. The molecule has 0 amide bonds. The van der Waals surface area contributed by atoms with Crippen molar-refractivity contribution in [1.82, 2.24) is 0 Å². The Balaban J connectivity index is 1.17. The molecule has 0 N–H and O–H groups in total. The van der Waals surface area contributed by atoms with Gasteiger partial charge in [0.2, 0.25) is 0 Å². The minimum absolute atomic E-state index is 1.26. The Bertz CT molecular complexity index is 3020. The van der Waals surface area contributed by atoms with Crippen LogP contribution >= 0.6 is 11.3 Å². The van der Waals surface area contributed by atoms with Crippen LogP contribution in [0.5, 0.6) is 0 Å². The summed E-state index contributed by atoms with van der Waals surface area (Å²) in [5.74, 6) is 0. The van der Waals surface area contributed by atoms with Gasteiger partial charge >= 0.3 is 0 Å². The second-order valence-corrected chi connectivity index (χ2v) is 13.8. The van der Waals surface area contributed by atoms with Gasteiger partial charge in [0.1, 0.15) is 0 Å². The van der Waals surface area contributed by atoms with E-state index in [-0.39, 0.29) is 0 Å². The van der Waals surface area contributed by atoms with Crippen molar-refractivity contribution in [2.75, 3.05) is 0 Å². The molecular weight excluding hydrogens is 585 g/mol. The van der Waals surface area contributed by atoms with Gasteiger partial charge in [-0.15, -0.1) is 11.3 Å². The van der Waals surface area contributed by atoms with E-state index in [1.165, 1.54) is 107 Å². The normalized spacial score (nSPS) is 12.3. The molecule has 0 unspecified atom stereocenters. The summed E-state index contributed by atoms with van der Waals surface area (Å²) in [6.07, 6.45) is 0. The number of hydrogen-bond acceptors (Lipinski definition) is 1. The average Bonchev–Trinajstić information content (AvgIpc) is 3.52. The van der Waals surface area contributed by atoms with Crippen molar-refractivity contribution < 1.29 is 0 Å².